The summed E-state index contributed by atoms with van der Waals surface area (Å²) in [6.07, 6.45) is 18.1. The van der Waals surface area contributed by atoms with Gasteiger partial charge in [-0.1, -0.05) is 45.8 Å². The second-order valence-corrected chi connectivity index (χ2v) is 27.7. The number of aromatic nitrogens is 2. The topological polar surface area (TPSA) is 159 Å². The van der Waals surface area contributed by atoms with E-state index in [9.17, 15) is 14.7 Å². The summed E-state index contributed by atoms with van der Waals surface area (Å²) in [5.74, 6) is 1.20. The molecule has 81 heavy (non-hydrogen) atoms. The minimum atomic E-state index is -0.860. The fourth-order valence-corrected chi connectivity index (χ4v) is 16.9. The lowest BCUT2D eigenvalue weighted by Crippen LogP contribution is -2.64. The van der Waals surface area contributed by atoms with E-state index < -0.39 is 23.6 Å². The van der Waals surface area contributed by atoms with Gasteiger partial charge in [-0.25, -0.2) is 5.43 Å². The number of hydrogen-bond donors (Lipinski definition) is 3. The first-order valence-corrected chi connectivity index (χ1v) is 31.9. The maximum absolute atomic E-state index is 15.3. The van der Waals surface area contributed by atoms with Crippen molar-refractivity contribution in [2.24, 2.45) is 34.0 Å². The number of rotatable bonds is 13. The van der Waals surface area contributed by atoms with Crippen molar-refractivity contribution in [1.29, 1.82) is 0 Å². The standard InChI is InChI=1S/C65H92N10O6/c1-7-73(62(80)65-39-64(65,6)58(65)43-17-18-43)47-23-27-72(28-24-47)56(42-13-9-10-14-42)59(77)67-53-38-69-25-11-15-45(37-69)44-19-22-54-49(33-44)51(35-63(4,5)40-81-61(79)52-16-12-26-75(68-52)60(53)78)57(74(54)8-2)50-34-48(36-66-55(50)41(3)76)71-31-29-70(30-32-71)46-20-21-46/h15,19,22,33-34,36,41-43,46-47,52-53,56,58,68,76H,7-14,16-18,20-21,23-32,35,37-40H2,1-6H3,(H,67,77)/t41-,52-,53-,56-,58-,64?,65-/m0/s1. The van der Waals surface area contributed by atoms with Crippen molar-refractivity contribution in [2.45, 2.75) is 181 Å². The number of amides is 3. The van der Waals surface area contributed by atoms with Crippen LogP contribution in [0.25, 0.3) is 27.7 Å². The second kappa shape index (κ2) is 21.6. The normalized spacial score (nSPS) is 31.2. The van der Waals surface area contributed by atoms with Crippen LogP contribution in [0.2, 0.25) is 0 Å². The number of aliphatic hydroxyl groups is 1. The average Bonchev–Trinajstić information content (AvgIpc) is 1.50. The Morgan fingerprint density at radius 1 is 0.914 bits per heavy atom. The van der Waals surface area contributed by atoms with Gasteiger partial charge in [0.1, 0.15) is 12.1 Å². The molecule has 8 fully saturated rings. The predicted octanol–water partition coefficient (Wildman–Crippen LogP) is 7.56. The molecule has 16 nitrogen and oxygen atoms in total. The Kier molecular flexibility index (Phi) is 14.8. The van der Waals surface area contributed by atoms with Gasteiger partial charge in [0.25, 0.3) is 5.91 Å². The van der Waals surface area contributed by atoms with Crippen molar-refractivity contribution in [2.75, 3.05) is 83.5 Å². The molecule has 6 bridgehead atoms. The van der Waals surface area contributed by atoms with Crippen LogP contribution in [0.5, 0.6) is 0 Å². The maximum Gasteiger partial charge on any atom is 0.324 e. The summed E-state index contributed by atoms with van der Waals surface area (Å²) in [7, 11) is 0. The molecule has 2 unspecified atom stereocenters. The largest absolute Gasteiger partial charge is 0.464 e. The van der Waals surface area contributed by atoms with Crippen LogP contribution in [0.15, 0.2) is 36.5 Å². The van der Waals surface area contributed by atoms with Crippen LogP contribution in [0.3, 0.4) is 0 Å². The van der Waals surface area contributed by atoms with Gasteiger partial charge in [0, 0.05) is 113 Å². The molecule has 0 radical (unpaired) electrons. The van der Waals surface area contributed by atoms with Gasteiger partial charge in [-0.15, -0.1) is 0 Å². The molecule has 5 aliphatic carbocycles. The molecule has 8 atom stereocenters. The third kappa shape index (κ3) is 10.2. The lowest BCUT2D eigenvalue weighted by Gasteiger charge is -2.43. The van der Waals surface area contributed by atoms with Crippen molar-refractivity contribution in [3.05, 3.63) is 53.4 Å². The molecule has 3 amide bonds. The summed E-state index contributed by atoms with van der Waals surface area (Å²) in [4.78, 5) is 76.3. The number of pyridine rings is 1. The van der Waals surface area contributed by atoms with E-state index in [4.69, 9.17) is 9.72 Å². The van der Waals surface area contributed by atoms with Gasteiger partial charge in [0.05, 0.1) is 47.4 Å². The molecule has 5 aliphatic heterocycles. The van der Waals surface area contributed by atoms with E-state index in [-0.39, 0.29) is 53.2 Å². The number of cyclic esters (lactones) is 1. The van der Waals surface area contributed by atoms with E-state index in [1.807, 2.05) is 13.1 Å². The number of piperidine rings is 1. The summed E-state index contributed by atoms with van der Waals surface area (Å²) in [6.45, 7) is 21.9. The Balaban J connectivity index is 0.795. The van der Waals surface area contributed by atoms with Crippen LogP contribution in [0, 0.1) is 34.0 Å². The number of aryl methyl sites for hydroxylation is 1. The highest BCUT2D eigenvalue weighted by Crippen LogP contribution is 2.93. The second-order valence-electron chi connectivity index (χ2n) is 27.7. The van der Waals surface area contributed by atoms with E-state index in [1.54, 1.807) is 5.01 Å². The summed E-state index contributed by atoms with van der Waals surface area (Å²) in [6, 6.07) is 8.04. The number of ether oxygens (including phenoxy) is 1. The van der Waals surface area contributed by atoms with E-state index in [1.165, 1.54) is 31.3 Å². The van der Waals surface area contributed by atoms with Crippen molar-refractivity contribution < 1.29 is 29.0 Å². The van der Waals surface area contributed by atoms with Crippen LogP contribution in [-0.2, 0) is 36.9 Å². The Morgan fingerprint density at radius 3 is 2.37 bits per heavy atom. The third-order valence-electron chi connectivity index (χ3n) is 21.6. The van der Waals surface area contributed by atoms with E-state index >= 15 is 9.59 Å². The Labute approximate surface area is 480 Å². The SMILES string of the molecule is CCN(C(=O)[C@@]12CC1(C)[C@@H]2C1CC1)C1CCN([C@H](C(=O)N[C@H]2CN3CCC=C(C3)c3ccc4c(c3)c(c(-c3cc(N5CCN(C6CC6)CC5)cnc3[C@H](C)O)n4CC)CC(C)(C)COC(=O)[C@@H]3CCCN(N3)C2=O)C2CCCC2)CC1. The molecular formula is C65H92N10O6. The summed E-state index contributed by atoms with van der Waals surface area (Å²) in [5, 5.41) is 17.6. The lowest BCUT2D eigenvalue weighted by molar-refractivity contribution is -0.155. The highest BCUT2D eigenvalue weighted by molar-refractivity contribution is 5.96. The highest BCUT2D eigenvalue weighted by atomic mass is 16.5. The molecule has 0 spiro atoms. The Hall–Kier alpha value is -4.87. The number of nitrogens with zero attached hydrogens (tertiary/aromatic N) is 8. The highest BCUT2D eigenvalue weighted by Gasteiger charge is 2.93. The molecule has 438 valence electrons. The third-order valence-corrected chi connectivity index (χ3v) is 21.6. The molecular weight excluding hydrogens is 1020 g/mol. The summed E-state index contributed by atoms with van der Waals surface area (Å²) < 4.78 is 8.70. The van der Waals surface area contributed by atoms with Crippen molar-refractivity contribution in [3.63, 3.8) is 0 Å². The van der Waals surface area contributed by atoms with Crippen LogP contribution in [0.1, 0.15) is 154 Å². The number of hydrazine groups is 1. The molecule has 10 aliphatic rings. The molecule has 3 saturated heterocycles. The van der Waals surface area contributed by atoms with Gasteiger partial charge in [0.15, 0.2) is 0 Å². The lowest BCUT2D eigenvalue weighted by atomic mass is 9.84. The summed E-state index contributed by atoms with van der Waals surface area (Å²) >= 11 is 0. The van der Waals surface area contributed by atoms with Crippen LogP contribution >= 0.6 is 0 Å². The zero-order valence-electron chi connectivity index (χ0n) is 49.5. The Bertz CT molecular complexity index is 2940. The van der Waals surface area contributed by atoms with Crippen LogP contribution in [0.4, 0.5) is 5.69 Å². The minimum absolute atomic E-state index is 0.0880. The first kappa shape index (κ1) is 55.3. The van der Waals surface area contributed by atoms with Crippen LogP contribution < -0.4 is 15.6 Å². The molecule has 1 aromatic carbocycles. The van der Waals surface area contributed by atoms with E-state index in [0.717, 1.165) is 155 Å². The molecule has 16 heteroatoms. The van der Waals surface area contributed by atoms with Gasteiger partial charge < -0.3 is 29.5 Å². The number of esters is 1. The first-order valence-electron chi connectivity index (χ1n) is 31.9. The fraction of sp³-hybridized carbons (Fsp3) is 0.708. The molecule has 2 aromatic heterocycles. The number of benzene rings is 1. The van der Waals surface area contributed by atoms with Crippen molar-refractivity contribution >= 4 is 45.9 Å². The monoisotopic (exact) mass is 1110 g/mol. The maximum atomic E-state index is 15.3. The molecule has 5 saturated carbocycles. The number of piperazine rings is 1. The molecule has 3 N–H and O–H groups in total. The Morgan fingerprint density at radius 2 is 1.68 bits per heavy atom. The molecule has 7 heterocycles. The minimum Gasteiger partial charge on any atom is -0.464 e. The molecule has 3 aromatic rings. The molecule has 13 rings (SSSR count). The number of hydrogen-bond acceptors (Lipinski definition) is 12. The van der Waals surface area contributed by atoms with Crippen LogP contribution in [-0.4, -0.2) is 172 Å². The van der Waals surface area contributed by atoms with E-state index in [2.05, 4.69) is 105 Å². The smallest absolute Gasteiger partial charge is 0.324 e. The number of fused-ring (bicyclic) bond motifs is 7. The number of nitrogens with one attached hydrogen (secondary N) is 2. The predicted molar refractivity (Wildman–Crippen MR) is 315 cm³/mol. The van der Waals surface area contributed by atoms with Gasteiger partial charge in [0.2, 0.25) is 11.8 Å². The van der Waals surface area contributed by atoms with Crippen molar-refractivity contribution in [3.8, 4) is 11.3 Å². The zero-order valence-corrected chi connectivity index (χ0v) is 49.5. The number of anilines is 1. The quantitative estimate of drug-likeness (QED) is 0.145. The fourth-order valence-electron chi connectivity index (χ4n) is 16.9. The first-order chi connectivity index (χ1) is 39.1. The number of aliphatic hydroxyl groups excluding tert-OH is 1. The van der Waals surface area contributed by atoms with Gasteiger partial charge in [-0.3, -0.25) is 43.9 Å². The average molecular weight is 1110 g/mol. The van der Waals surface area contributed by atoms with Crippen molar-refractivity contribution in [1.82, 2.24) is 44.9 Å². The van der Waals surface area contributed by atoms with Gasteiger partial charge in [-0.2, -0.15) is 0 Å². The summed E-state index contributed by atoms with van der Waals surface area (Å²) in [5.41, 5.74) is 11.1. The zero-order chi connectivity index (χ0) is 56.1. The van der Waals surface area contributed by atoms with E-state index in [0.29, 0.717) is 63.0 Å². The van der Waals surface area contributed by atoms with Gasteiger partial charge >= 0.3 is 5.97 Å². The van der Waals surface area contributed by atoms with Gasteiger partial charge in [-0.05, 0) is 162 Å². The number of likely N-dealkylation sites (tertiary alicyclic amines) is 1. The number of carbonyl (C=O) groups excluding carboxylic acids is 4. The number of carbonyl (C=O) groups is 4.